The van der Waals surface area contributed by atoms with Crippen LogP contribution in [0.5, 0.6) is 0 Å². The number of aromatic nitrogens is 2. The summed E-state index contributed by atoms with van der Waals surface area (Å²) in [4.78, 5) is 17.2. The van der Waals surface area contributed by atoms with Crippen LogP contribution in [0, 0.1) is 35.0 Å². The number of allylic oxidation sites excluding steroid dienone is 1. The number of imidazole rings is 1. The van der Waals surface area contributed by atoms with Gasteiger partial charge in [0, 0.05) is 18.3 Å². The van der Waals surface area contributed by atoms with Gasteiger partial charge in [-0.2, -0.15) is 0 Å². The molecule has 0 amide bonds. The van der Waals surface area contributed by atoms with Crippen molar-refractivity contribution in [3.8, 4) is 0 Å². The zero-order chi connectivity index (χ0) is 20.2. The van der Waals surface area contributed by atoms with Gasteiger partial charge in [-0.1, -0.05) is 18.6 Å². The van der Waals surface area contributed by atoms with Crippen LogP contribution in [0.1, 0.15) is 58.3 Å². The SMILES string of the molecule is CC12CCC3C4CCC(O)(CF)CC4=CCC3C1CCC2C(=O)Cn1ccnc1. The molecule has 4 aliphatic carbocycles. The van der Waals surface area contributed by atoms with Gasteiger partial charge in [0.15, 0.2) is 5.78 Å². The Hall–Kier alpha value is -1.49. The average molecular weight is 401 g/mol. The summed E-state index contributed by atoms with van der Waals surface area (Å²) in [6.07, 6.45) is 15.2. The molecule has 5 rings (SSSR count). The van der Waals surface area contributed by atoms with Crippen LogP contribution in [0.4, 0.5) is 4.39 Å². The highest BCUT2D eigenvalue weighted by Crippen LogP contribution is 2.63. The molecule has 3 fully saturated rings. The Balaban J connectivity index is 1.34. The first-order valence-electron chi connectivity index (χ1n) is 11.4. The minimum absolute atomic E-state index is 0.110. The Morgan fingerprint density at radius 2 is 2.14 bits per heavy atom. The number of nitrogens with zero attached hydrogens (tertiary/aromatic N) is 2. The topological polar surface area (TPSA) is 55.1 Å². The van der Waals surface area contributed by atoms with Crippen LogP contribution in [0.25, 0.3) is 0 Å². The summed E-state index contributed by atoms with van der Waals surface area (Å²) in [5.41, 5.74) is 0.293. The standard InChI is InChI=1S/C24H33FN2O2/c1-23-8-6-18-17-7-9-24(29,14-25)12-16(17)2-3-19(18)20(23)4-5-21(23)22(28)13-27-11-10-26-15-27/h2,10-11,15,17-21,29H,3-9,12-14H2,1H3. The molecule has 1 aromatic rings. The summed E-state index contributed by atoms with van der Waals surface area (Å²) in [5, 5.41) is 10.4. The molecule has 1 aromatic heterocycles. The van der Waals surface area contributed by atoms with Crippen molar-refractivity contribution in [1.29, 1.82) is 0 Å². The zero-order valence-electron chi connectivity index (χ0n) is 17.4. The third-order valence-electron chi connectivity index (χ3n) is 9.13. The molecule has 0 bridgehead atoms. The smallest absolute Gasteiger partial charge is 0.156 e. The predicted molar refractivity (Wildman–Crippen MR) is 109 cm³/mol. The normalized spacial score (nSPS) is 43.8. The molecule has 3 saturated carbocycles. The number of ketones is 1. The van der Waals surface area contributed by atoms with Gasteiger partial charge in [0.1, 0.15) is 6.67 Å². The first-order valence-corrected chi connectivity index (χ1v) is 11.4. The lowest BCUT2D eigenvalue weighted by Gasteiger charge is -2.54. The summed E-state index contributed by atoms with van der Waals surface area (Å²) >= 11 is 0. The molecule has 7 unspecified atom stereocenters. The predicted octanol–water partition coefficient (Wildman–Crippen LogP) is 4.34. The third kappa shape index (κ3) is 3.11. The van der Waals surface area contributed by atoms with Gasteiger partial charge in [0.05, 0.1) is 18.5 Å². The van der Waals surface area contributed by atoms with Crippen molar-refractivity contribution in [2.45, 2.75) is 70.4 Å². The lowest BCUT2D eigenvalue weighted by atomic mass is 9.51. The van der Waals surface area contributed by atoms with E-state index >= 15 is 0 Å². The van der Waals surface area contributed by atoms with Crippen molar-refractivity contribution in [1.82, 2.24) is 9.55 Å². The molecule has 5 heteroatoms. The molecular formula is C24H33FN2O2. The fourth-order valence-electron chi connectivity index (χ4n) is 7.68. The number of aliphatic hydroxyl groups is 1. The maximum absolute atomic E-state index is 13.3. The number of rotatable bonds is 4. The summed E-state index contributed by atoms with van der Waals surface area (Å²) in [6, 6.07) is 0. The van der Waals surface area contributed by atoms with Crippen LogP contribution in [0.3, 0.4) is 0 Å². The molecule has 0 radical (unpaired) electrons. The molecule has 0 aliphatic heterocycles. The molecule has 158 valence electrons. The molecule has 4 aliphatic rings. The van der Waals surface area contributed by atoms with Crippen LogP contribution in [0.15, 0.2) is 30.4 Å². The van der Waals surface area contributed by atoms with Gasteiger partial charge in [0.25, 0.3) is 0 Å². The van der Waals surface area contributed by atoms with Gasteiger partial charge in [-0.25, -0.2) is 9.37 Å². The van der Waals surface area contributed by atoms with Crippen molar-refractivity contribution in [3.05, 3.63) is 30.4 Å². The van der Waals surface area contributed by atoms with Crippen LogP contribution in [0.2, 0.25) is 0 Å². The summed E-state index contributed by atoms with van der Waals surface area (Å²) < 4.78 is 15.2. The van der Waals surface area contributed by atoms with Crippen molar-refractivity contribution < 1.29 is 14.3 Å². The van der Waals surface area contributed by atoms with Crippen molar-refractivity contribution in [3.63, 3.8) is 0 Å². The van der Waals surface area contributed by atoms with Crippen LogP contribution in [-0.2, 0) is 11.3 Å². The van der Waals surface area contributed by atoms with Gasteiger partial charge in [-0.15, -0.1) is 0 Å². The monoisotopic (exact) mass is 400 g/mol. The van der Waals surface area contributed by atoms with E-state index in [1.165, 1.54) is 12.0 Å². The average Bonchev–Trinajstić information content (AvgIpc) is 3.34. The van der Waals surface area contributed by atoms with E-state index in [1.54, 1.807) is 12.5 Å². The highest BCUT2D eigenvalue weighted by molar-refractivity contribution is 5.82. The van der Waals surface area contributed by atoms with E-state index in [2.05, 4.69) is 18.0 Å². The van der Waals surface area contributed by atoms with E-state index in [9.17, 15) is 14.3 Å². The third-order valence-corrected chi connectivity index (χ3v) is 9.13. The summed E-state index contributed by atoms with van der Waals surface area (Å²) in [6.45, 7) is 2.18. The maximum Gasteiger partial charge on any atom is 0.156 e. The lowest BCUT2D eigenvalue weighted by molar-refractivity contribution is -0.129. The maximum atomic E-state index is 13.3. The Labute approximate surface area is 172 Å². The van der Waals surface area contributed by atoms with Gasteiger partial charge >= 0.3 is 0 Å². The van der Waals surface area contributed by atoms with Gasteiger partial charge < -0.3 is 9.67 Å². The molecule has 0 spiro atoms. The highest BCUT2D eigenvalue weighted by Gasteiger charge is 2.57. The molecule has 1 N–H and O–H groups in total. The summed E-state index contributed by atoms with van der Waals surface area (Å²) in [7, 11) is 0. The Morgan fingerprint density at radius 1 is 1.28 bits per heavy atom. The Kier molecular flexibility index (Phi) is 4.73. The van der Waals surface area contributed by atoms with Gasteiger partial charge in [-0.05, 0) is 80.5 Å². The Morgan fingerprint density at radius 3 is 2.90 bits per heavy atom. The molecule has 4 nitrogen and oxygen atoms in total. The highest BCUT2D eigenvalue weighted by atomic mass is 19.1. The molecule has 0 aromatic carbocycles. The van der Waals surface area contributed by atoms with Crippen LogP contribution in [-0.4, -0.2) is 32.7 Å². The lowest BCUT2D eigenvalue weighted by Crippen LogP contribution is -2.49. The second-order valence-corrected chi connectivity index (χ2v) is 10.5. The number of fused-ring (bicyclic) bond motifs is 5. The minimum atomic E-state index is -1.13. The zero-order valence-corrected chi connectivity index (χ0v) is 17.4. The number of Topliss-reactive ketones (excluding diaryl/α,β-unsaturated/α-hetero) is 1. The number of alkyl halides is 1. The van der Waals surface area contributed by atoms with Crippen LogP contribution < -0.4 is 0 Å². The second kappa shape index (κ2) is 7.04. The van der Waals surface area contributed by atoms with E-state index in [4.69, 9.17) is 0 Å². The fourth-order valence-corrected chi connectivity index (χ4v) is 7.68. The van der Waals surface area contributed by atoms with E-state index in [0.29, 0.717) is 48.8 Å². The van der Waals surface area contributed by atoms with Crippen molar-refractivity contribution in [2.24, 2.45) is 35.0 Å². The van der Waals surface area contributed by atoms with E-state index in [0.717, 1.165) is 32.1 Å². The van der Waals surface area contributed by atoms with Gasteiger partial charge in [-0.3, -0.25) is 4.79 Å². The van der Waals surface area contributed by atoms with Crippen LogP contribution >= 0.6 is 0 Å². The fraction of sp³-hybridized carbons (Fsp3) is 0.750. The molecule has 29 heavy (non-hydrogen) atoms. The van der Waals surface area contributed by atoms with Gasteiger partial charge in [0.2, 0.25) is 0 Å². The molecule has 7 atom stereocenters. The molecular weight excluding hydrogens is 367 g/mol. The van der Waals surface area contributed by atoms with Crippen molar-refractivity contribution >= 4 is 5.78 Å². The second-order valence-electron chi connectivity index (χ2n) is 10.5. The number of hydrogen-bond donors (Lipinski definition) is 1. The largest absolute Gasteiger partial charge is 0.387 e. The first kappa shape index (κ1) is 19.5. The van der Waals surface area contributed by atoms with E-state index in [1.807, 2.05) is 10.8 Å². The summed E-state index contributed by atoms with van der Waals surface area (Å²) in [5.74, 6) is 2.95. The minimum Gasteiger partial charge on any atom is -0.387 e. The quantitative estimate of drug-likeness (QED) is 0.765. The molecule has 1 heterocycles. The number of halogens is 1. The molecule has 0 saturated heterocycles. The van der Waals surface area contributed by atoms with E-state index in [-0.39, 0.29) is 11.3 Å². The Bertz CT molecular complexity index is 806. The number of carbonyl (C=O) groups is 1. The first-order chi connectivity index (χ1) is 13.9. The number of carbonyl (C=O) groups excluding carboxylic acids is 1. The van der Waals surface area contributed by atoms with E-state index < -0.39 is 12.3 Å². The number of hydrogen-bond acceptors (Lipinski definition) is 3. The van der Waals surface area contributed by atoms with Crippen molar-refractivity contribution in [2.75, 3.05) is 6.67 Å².